The number of hydrogen-bond donors (Lipinski definition) is 2. The molecule has 1 rings (SSSR count). The summed E-state index contributed by atoms with van der Waals surface area (Å²) < 4.78 is 0. The summed E-state index contributed by atoms with van der Waals surface area (Å²) in [5.41, 5.74) is 0. The summed E-state index contributed by atoms with van der Waals surface area (Å²) in [6, 6.07) is 0. The third-order valence-corrected chi connectivity index (χ3v) is 6.15. The molecule has 0 radical (unpaired) electrons. The molecule has 156 valence electrons. The number of carbonyl (C=O) groups is 2. The Morgan fingerprint density at radius 1 is 1.00 bits per heavy atom. The molecule has 0 aromatic carbocycles. The normalized spacial score (nSPS) is 23.7. The van der Waals surface area contributed by atoms with Gasteiger partial charge in [0.05, 0.1) is 11.8 Å². The smallest absolute Gasteiger partial charge is 0.306 e. The molecule has 4 nitrogen and oxygen atoms in total. The fraction of sp³-hybridized carbons (Fsp3) is 0.826. The molecular formula is C23H40O4. The first-order valence-electron chi connectivity index (χ1n) is 11.1. The number of unbranched alkanes of at least 4 members (excludes halogenated alkanes) is 7. The van der Waals surface area contributed by atoms with Crippen LogP contribution in [0, 0.1) is 23.7 Å². The van der Waals surface area contributed by atoms with Crippen LogP contribution in [0.3, 0.4) is 0 Å². The van der Waals surface area contributed by atoms with E-state index < -0.39 is 11.9 Å². The number of aliphatic carboxylic acids is 2. The average Bonchev–Trinajstić information content (AvgIpc) is 3.03. The molecule has 1 aliphatic rings. The molecule has 0 heterocycles. The Morgan fingerprint density at radius 2 is 1.70 bits per heavy atom. The van der Waals surface area contributed by atoms with E-state index in [0.29, 0.717) is 12.3 Å². The summed E-state index contributed by atoms with van der Waals surface area (Å²) >= 11 is 0. The summed E-state index contributed by atoms with van der Waals surface area (Å²) in [7, 11) is 0. The van der Waals surface area contributed by atoms with Crippen molar-refractivity contribution in [2.45, 2.75) is 97.3 Å². The summed E-state index contributed by atoms with van der Waals surface area (Å²) in [5.74, 6) is -1.21. The van der Waals surface area contributed by atoms with Gasteiger partial charge in [-0.3, -0.25) is 9.59 Å². The summed E-state index contributed by atoms with van der Waals surface area (Å²) in [6.07, 6.45) is 18.5. The molecule has 0 amide bonds. The molecule has 4 atom stereocenters. The zero-order valence-corrected chi connectivity index (χ0v) is 17.4. The van der Waals surface area contributed by atoms with Gasteiger partial charge >= 0.3 is 11.9 Å². The molecule has 0 aliphatic heterocycles. The second-order valence-corrected chi connectivity index (χ2v) is 8.36. The monoisotopic (exact) mass is 380 g/mol. The van der Waals surface area contributed by atoms with Crippen LogP contribution in [0.25, 0.3) is 0 Å². The van der Waals surface area contributed by atoms with Crippen LogP contribution in [0.1, 0.15) is 97.3 Å². The van der Waals surface area contributed by atoms with E-state index in [0.717, 1.165) is 44.9 Å². The van der Waals surface area contributed by atoms with Crippen molar-refractivity contribution in [3.05, 3.63) is 12.2 Å². The second kappa shape index (κ2) is 13.8. The number of rotatable bonds is 15. The molecule has 1 saturated carbocycles. The zero-order chi connectivity index (χ0) is 20.1. The molecule has 0 spiro atoms. The third kappa shape index (κ3) is 9.44. The topological polar surface area (TPSA) is 74.6 Å². The van der Waals surface area contributed by atoms with Crippen molar-refractivity contribution in [3.63, 3.8) is 0 Å². The molecule has 1 unspecified atom stereocenters. The minimum Gasteiger partial charge on any atom is -0.481 e. The predicted molar refractivity (Wildman–Crippen MR) is 110 cm³/mol. The van der Waals surface area contributed by atoms with Gasteiger partial charge in [-0.05, 0) is 50.4 Å². The molecule has 0 bridgehead atoms. The van der Waals surface area contributed by atoms with Crippen molar-refractivity contribution in [2.75, 3.05) is 0 Å². The summed E-state index contributed by atoms with van der Waals surface area (Å²) in [4.78, 5) is 22.5. The first-order chi connectivity index (χ1) is 13.0. The van der Waals surface area contributed by atoms with E-state index in [2.05, 4.69) is 19.1 Å². The highest BCUT2D eigenvalue weighted by Gasteiger charge is 2.38. The van der Waals surface area contributed by atoms with Crippen LogP contribution < -0.4 is 0 Å². The second-order valence-electron chi connectivity index (χ2n) is 8.36. The van der Waals surface area contributed by atoms with Gasteiger partial charge in [0.2, 0.25) is 0 Å². The molecule has 1 fully saturated rings. The maximum absolute atomic E-state index is 11.6. The van der Waals surface area contributed by atoms with Crippen molar-refractivity contribution in [3.8, 4) is 0 Å². The van der Waals surface area contributed by atoms with Gasteiger partial charge in [0, 0.05) is 0 Å². The highest BCUT2D eigenvalue weighted by Crippen LogP contribution is 2.41. The molecule has 4 heteroatoms. The van der Waals surface area contributed by atoms with Crippen molar-refractivity contribution < 1.29 is 19.8 Å². The van der Waals surface area contributed by atoms with Crippen LogP contribution in [0.4, 0.5) is 0 Å². The Bertz CT molecular complexity index is 457. The maximum atomic E-state index is 11.6. The minimum atomic E-state index is -0.725. The van der Waals surface area contributed by atoms with E-state index in [4.69, 9.17) is 5.11 Å². The van der Waals surface area contributed by atoms with E-state index in [1.807, 2.05) is 0 Å². The van der Waals surface area contributed by atoms with Crippen molar-refractivity contribution in [2.24, 2.45) is 23.7 Å². The average molecular weight is 381 g/mol. The van der Waals surface area contributed by atoms with E-state index in [1.54, 1.807) is 6.92 Å². The number of carboxylic acids is 2. The van der Waals surface area contributed by atoms with Gasteiger partial charge in [-0.1, -0.05) is 70.9 Å². The van der Waals surface area contributed by atoms with Crippen molar-refractivity contribution in [1.29, 1.82) is 0 Å². The largest absolute Gasteiger partial charge is 0.481 e. The number of carboxylic acid groups (broad SMARTS) is 2. The molecule has 27 heavy (non-hydrogen) atoms. The lowest BCUT2D eigenvalue weighted by molar-refractivity contribution is -0.143. The summed E-state index contributed by atoms with van der Waals surface area (Å²) in [6.45, 7) is 3.98. The highest BCUT2D eigenvalue weighted by atomic mass is 16.4. The third-order valence-electron chi connectivity index (χ3n) is 6.15. The van der Waals surface area contributed by atoms with Crippen LogP contribution in [0.2, 0.25) is 0 Å². The van der Waals surface area contributed by atoms with Gasteiger partial charge in [-0.25, -0.2) is 0 Å². The fourth-order valence-corrected chi connectivity index (χ4v) is 4.33. The van der Waals surface area contributed by atoms with Crippen LogP contribution in [0.5, 0.6) is 0 Å². The SMILES string of the molecule is CCCCCCCC=C[C@H]1CC[C@@H](C(=O)O)[C@@H]1CCCCCC(C)C(=O)O. The van der Waals surface area contributed by atoms with Crippen LogP contribution >= 0.6 is 0 Å². The van der Waals surface area contributed by atoms with Gasteiger partial charge in [0.25, 0.3) is 0 Å². The molecule has 1 aliphatic carbocycles. The fourth-order valence-electron chi connectivity index (χ4n) is 4.33. The van der Waals surface area contributed by atoms with Crippen LogP contribution in [0.15, 0.2) is 12.2 Å². The Morgan fingerprint density at radius 3 is 2.37 bits per heavy atom. The van der Waals surface area contributed by atoms with Crippen LogP contribution in [-0.4, -0.2) is 22.2 Å². The van der Waals surface area contributed by atoms with Gasteiger partial charge in [0.1, 0.15) is 0 Å². The standard InChI is InChI=1S/C23H40O4/c1-3-4-5-6-7-8-11-14-19-16-17-21(23(26)27)20(19)15-12-9-10-13-18(2)22(24)25/h11,14,18-21H,3-10,12-13,15-17H2,1-2H3,(H,24,25)(H,26,27)/t18?,19-,20+,21+/m0/s1. The lowest BCUT2D eigenvalue weighted by Gasteiger charge is -2.20. The number of allylic oxidation sites excluding steroid dienone is 2. The lowest BCUT2D eigenvalue weighted by atomic mass is 9.84. The molecule has 0 aromatic rings. The molecule has 0 saturated heterocycles. The van der Waals surface area contributed by atoms with Crippen LogP contribution in [-0.2, 0) is 9.59 Å². The van der Waals surface area contributed by atoms with Gasteiger partial charge in [-0.2, -0.15) is 0 Å². The number of hydrogen-bond acceptors (Lipinski definition) is 2. The van der Waals surface area contributed by atoms with Gasteiger partial charge < -0.3 is 10.2 Å². The quantitative estimate of drug-likeness (QED) is 0.258. The molecular weight excluding hydrogens is 340 g/mol. The lowest BCUT2D eigenvalue weighted by Crippen LogP contribution is -2.21. The molecule has 0 aromatic heterocycles. The van der Waals surface area contributed by atoms with Gasteiger partial charge in [0.15, 0.2) is 0 Å². The van der Waals surface area contributed by atoms with E-state index in [9.17, 15) is 14.7 Å². The van der Waals surface area contributed by atoms with E-state index in [1.165, 1.54) is 32.1 Å². The highest BCUT2D eigenvalue weighted by molar-refractivity contribution is 5.71. The Kier molecular flexibility index (Phi) is 12.1. The van der Waals surface area contributed by atoms with Gasteiger partial charge in [-0.15, -0.1) is 0 Å². The Labute approximate surface area is 165 Å². The Hall–Kier alpha value is -1.32. The maximum Gasteiger partial charge on any atom is 0.306 e. The van der Waals surface area contributed by atoms with Crippen molar-refractivity contribution >= 4 is 11.9 Å². The van der Waals surface area contributed by atoms with Crippen molar-refractivity contribution in [1.82, 2.24) is 0 Å². The Balaban J connectivity index is 2.36. The van der Waals surface area contributed by atoms with E-state index >= 15 is 0 Å². The first kappa shape index (κ1) is 23.7. The predicted octanol–water partition coefficient (Wildman–Crippen LogP) is 6.30. The zero-order valence-electron chi connectivity index (χ0n) is 17.4. The summed E-state index contributed by atoms with van der Waals surface area (Å²) in [5, 5.41) is 18.5. The van der Waals surface area contributed by atoms with E-state index in [-0.39, 0.29) is 17.8 Å². The first-order valence-corrected chi connectivity index (χ1v) is 11.1. The molecule has 2 N–H and O–H groups in total. The minimum absolute atomic E-state index is 0.206.